The van der Waals surface area contributed by atoms with Crippen LogP contribution in [0.25, 0.3) is 0 Å². The number of nitrogens with zero attached hydrogens (tertiary/aromatic N) is 5. The molecule has 5 rings (SSSR count). The van der Waals surface area contributed by atoms with Crippen LogP contribution in [-0.2, 0) is 24.5 Å². The van der Waals surface area contributed by atoms with E-state index in [0.29, 0.717) is 36.3 Å². The fourth-order valence-corrected chi connectivity index (χ4v) is 10.1. The summed E-state index contributed by atoms with van der Waals surface area (Å²) in [6.07, 6.45) is 6.83. The molecule has 0 aliphatic carbocycles. The van der Waals surface area contributed by atoms with Crippen LogP contribution in [-0.4, -0.2) is 88.5 Å². The summed E-state index contributed by atoms with van der Waals surface area (Å²) in [5.41, 5.74) is 4.00. The van der Waals surface area contributed by atoms with E-state index in [9.17, 15) is 19.2 Å². The van der Waals surface area contributed by atoms with E-state index < -0.39 is 18.2 Å². The van der Waals surface area contributed by atoms with Crippen molar-refractivity contribution in [1.29, 1.82) is 0 Å². The van der Waals surface area contributed by atoms with Crippen LogP contribution in [0.4, 0.5) is 20.7 Å². The molecule has 2 aliphatic rings. The Balaban J connectivity index is 1.34. The number of amides is 4. The van der Waals surface area contributed by atoms with Crippen LogP contribution in [0.5, 0.6) is 0 Å². The largest absolute Gasteiger partial charge is 0.453 e. The van der Waals surface area contributed by atoms with Gasteiger partial charge in [-0.05, 0) is 80.5 Å². The molecule has 1 aromatic carbocycles. The van der Waals surface area contributed by atoms with Gasteiger partial charge < -0.3 is 30.5 Å². The summed E-state index contributed by atoms with van der Waals surface area (Å²) in [7, 11) is 1.36. The molecule has 0 radical (unpaired) electrons. The van der Waals surface area contributed by atoms with Gasteiger partial charge in [-0.2, -0.15) is 0 Å². The predicted molar refractivity (Wildman–Crippen MR) is 252 cm³/mol. The zero-order chi connectivity index (χ0) is 45.3. The SMILES string of the molecule is C=CC(C(=O)N1CCCC1C(=O)Nc1nc(C2CCC(c3csc(NC(=O)C(C)N(CCC)CC(NC(=O)OC)C(C)CC)n3)N2c2ccc(C(C)(C)C)cc2)cs1)C(C)CC. The van der Waals surface area contributed by atoms with E-state index in [0.717, 1.165) is 55.6 Å². The minimum Gasteiger partial charge on any atom is -0.453 e. The van der Waals surface area contributed by atoms with Crippen LogP contribution < -0.4 is 20.9 Å². The smallest absolute Gasteiger partial charge is 0.407 e. The Morgan fingerprint density at radius 2 is 1.52 bits per heavy atom. The highest BCUT2D eigenvalue weighted by molar-refractivity contribution is 7.14. The molecular weight excluding hydrogens is 821 g/mol. The van der Waals surface area contributed by atoms with E-state index in [-0.39, 0.29) is 59.0 Å². The third-order valence-electron chi connectivity index (χ3n) is 12.9. The third kappa shape index (κ3) is 11.6. The number of rotatable bonds is 19. The number of alkyl carbamates (subject to hydrolysis) is 1. The maximum Gasteiger partial charge on any atom is 0.407 e. The maximum absolute atomic E-state index is 13.8. The minimum atomic E-state index is -0.544. The monoisotopic (exact) mass is 890 g/mol. The number of hydrogen-bond acceptors (Lipinski definition) is 11. The van der Waals surface area contributed by atoms with Gasteiger partial charge in [0, 0.05) is 35.6 Å². The molecule has 0 spiro atoms. The van der Waals surface area contributed by atoms with Crippen LogP contribution in [0, 0.1) is 17.8 Å². The molecule has 8 unspecified atom stereocenters. The first-order valence-electron chi connectivity index (χ1n) is 22.5. The number of aromatic nitrogens is 2. The number of benzene rings is 1. The lowest BCUT2D eigenvalue weighted by Crippen LogP contribution is -2.52. The zero-order valence-electron chi connectivity index (χ0n) is 38.5. The summed E-state index contributed by atoms with van der Waals surface area (Å²) in [6.45, 7) is 24.6. The van der Waals surface area contributed by atoms with Gasteiger partial charge in [0.1, 0.15) is 6.04 Å². The first-order chi connectivity index (χ1) is 29.5. The van der Waals surface area contributed by atoms with Crippen molar-refractivity contribution in [3.8, 4) is 0 Å². The van der Waals surface area contributed by atoms with Gasteiger partial charge in [0.15, 0.2) is 10.3 Å². The first-order valence-corrected chi connectivity index (χ1v) is 24.2. The topological polar surface area (TPSA) is 149 Å². The van der Waals surface area contributed by atoms with E-state index >= 15 is 0 Å². The molecule has 3 N–H and O–H groups in total. The number of anilines is 3. The number of ether oxygens (including phenoxy) is 1. The van der Waals surface area contributed by atoms with Gasteiger partial charge in [0.2, 0.25) is 17.7 Å². The first kappa shape index (κ1) is 48.7. The normalized spacial score (nSPS) is 20.3. The molecule has 2 aromatic heterocycles. The van der Waals surface area contributed by atoms with Gasteiger partial charge in [-0.1, -0.05) is 86.4 Å². The van der Waals surface area contributed by atoms with Gasteiger partial charge >= 0.3 is 6.09 Å². The molecule has 15 heteroatoms. The summed E-state index contributed by atoms with van der Waals surface area (Å²) in [5, 5.41) is 14.2. The predicted octanol–water partition coefficient (Wildman–Crippen LogP) is 9.57. The molecule has 2 fully saturated rings. The van der Waals surface area contributed by atoms with Crippen molar-refractivity contribution >= 4 is 62.4 Å². The lowest BCUT2D eigenvalue weighted by Gasteiger charge is -2.33. The van der Waals surface area contributed by atoms with E-state index in [2.05, 4.69) is 112 Å². The number of hydrogen-bond donors (Lipinski definition) is 3. The second kappa shape index (κ2) is 21.8. The van der Waals surface area contributed by atoms with Crippen molar-refractivity contribution in [3.05, 3.63) is 64.6 Å². The van der Waals surface area contributed by atoms with Crippen LogP contribution >= 0.6 is 22.7 Å². The van der Waals surface area contributed by atoms with Crippen molar-refractivity contribution in [2.75, 3.05) is 42.3 Å². The fourth-order valence-electron chi connectivity index (χ4n) is 8.61. The molecule has 4 amide bonds. The third-order valence-corrected chi connectivity index (χ3v) is 14.5. The molecule has 3 aromatic rings. The maximum atomic E-state index is 13.8. The molecule has 62 heavy (non-hydrogen) atoms. The van der Waals surface area contributed by atoms with Crippen LogP contribution in [0.3, 0.4) is 0 Å². The summed E-state index contributed by atoms with van der Waals surface area (Å²) >= 11 is 2.82. The Morgan fingerprint density at radius 3 is 2.05 bits per heavy atom. The second-order valence-corrected chi connectivity index (χ2v) is 19.8. The summed E-state index contributed by atoms with van der Waals surface area (Å²) in [4.78, 5) is 69.6. The second-order valence-electron chi connectivity index (χ2n) is 18.1. The van der Waals surface area contributed by atoms with Gasteiger partial charge in [-0.25, -0.2) is 14.8 Å². The van der Waals surface area contributed by atoms with E-state index in [1.165, 1.54) is 35.3 Å². The van der Waals surface area contributed by atoms with Crippen LogP contribution in [0.15, 0.2) is 47.7 Å². The molecule has 8 atom stereocenters. The molecule has 0 saturated carbocycles. The van der Waals surface area contributed by atoms with Crippen molar-refractivity contribution in [3.63, 3.8) is 0 Å². The number of carbonyl (C=O) groups is 4. The Morgan fingerprint density at radius 1 is 0.919 bits per heavy atom. The van der Waals surface area contributed by atoms with Crippen LogP contribution in [0.1, 0.15) is 136 Å². The highest BCUT2D eigenvalue weighted by atomic mass is 32.1. The fraction of sp³-hybridized carbons (Fsp3) is 0.617. The molecule has 2 saturated heterocycles. The van der Waals surface area contributed by atoms with Crippen LogP contribution in [0.2, 0.25) is 0 Å². The summed E-state index contributed by atoms with van der Waals surface area (Å²) < 4.78 is 4.90. The Hall–Kier alpha value is -4.34. The van der Waals surface area contributed by atoms with Gasteiger partial charge in [-0.15, -0.1) is 29.3 Å². The standard InChI is InChI=1S/C47H70N8O5S2/c1-12-24-53(26-35(30(6)14-3)50-46(59)60-11)31(7)41(56)51-44-48-36(27-61-44)38-22-23-39(55(38)33-20-18-32(19-21-33)47(8,9)10)37-28-62-45(49-37)52-42(57)40-17-16-25-54(40)43(58)34(15-4)29(5)13-2/h15,18-21,27-31,34-35,38-40H,4,12-14,16-17,22-26H2,1-3,5-11H3,(H,50,59)(H,48,51,56)(H,49,52,57). The summed E-state index contributed by atoms with van der Waals surface area (Å²) in [5.74, 6) is -0.385. The average molecular weight is 891 g/mol. The van der Waals surface area contributed by atoms with Crippen molar-refractivity contribution < 1.29 is 23.9 Å². The Labute approximate surface area is 377 Å². The van der Waals surface area contributed by atoms with E-state index in [1.54, 1.807) is 11.0 Å². The van der Waals surface area contributed by atoms with Crippen molar-refractivity contribution in [2.45, 2.75) is 143 Å². The zero-order valence-corrected chi connectivity index (χ0v) is 40.2. The van der Waals surface area contributed by atoms with Gasteiger partial charge in [0.25, 0.3) is 0 Å². The highest BCUT2D eigenvalue weighted by Crippen LogP contribution is 2.48. The Kier molecular flexibility index (Phi) is 17.1. The molecule has 0 bridgehead atoms. The van der Waals surface area contributed by atoms with Gasteiger partial charge in [-0.3, -0.25) is 19.3 Å². The average Bonchev–Trinajstić information content (AvgIpc) is 4.09. The quantitative estimate of drug-likeness (QED) is 0.100. The lowest BCUT2D eigenvalue weighted by atomic mass is 9.87. The van der Waals surface area contributed by atoms with Crippen molar-refractivity contribution in [1.82, 2.24) is 25.1 Å². The van der Waals surface area contributed by atoms with E-state index in [1.807, 2.05) is 17.7 Å². The highest BCUT2D eigenvalue weighted by Gasteiger charge is 2.40. The molecule has 2 aliphatic heterocycles. The molecule has 13 nitrogen and oxygen atoms in total. The minimum absolute atomic E-state index is 0.0103. The van der Waals surface area contributed by atoms with E-state index in [4.69, 9.17) is 14.7 Å². The Bertz CT molecular complexity index is 1980. The molecule has 4 heterocycles. The van der Waals surface area contributed by atoms with Gasteiger partial charge in [0.05, 0.1) is 42.5 Å². The number of carbonyl (C=O) groups excluding carboxylic acids is 4. The number of thiazole rings is 2. The lowest BCUT2D eigenvalue weighted by molar-refractivity contribution is -0.140. The number of likely N-dealkylation sites (tertiary alicyclic amines) is 1. The number of methoxy groups -OCH3 is 1. The summed E-state index contributed by atoms with van der Waals surface area (Å²) in [6, 6.07) is 7.35. The van der Waals surface area contributed by atoms with Crippen molar-refractivity contribution in [2.24, 2.45) is 17.8 Å². The molecule has 340 valence electrons. The molecular formula is C47H70N8O5S2. The number of nitrogens with one attached hydrogen (secondary N) is 3.